The lowest BCUT2D eigenvalue weighted by atomic mass is 10.0. The van der Waals surface area contributed by atoms with E-state index in [1.807, 2.05) is 0 Å². The predicted molar refractivity (Wildman–Crippen MR) is 250 cm³/mol. The fraction of sp³-hybridized carbons (Fsp3) is 0.846. The molecule has 0 spiro atoms. The number of nitrogens with one attached hydrogen (secondary N) is 1. The average molecular weight is 816 g/mol. The lowest BCUT2D eigenvalue weighted by Gasteiger charge is -2.22. The third kappa shape index (κ3) is 43.7. The zero-order chi connectivity index (χ0) is 42.3. The molecule has 0 rings (SSSR count). The van der Waals surface area contributed by atoms with Gasteiger partial charge in [0, 0.05) is 12.8 Å². The smallest absolute Gasteiger partial charge is 0.305 e. The molecule has 6 heteroatoms. The van der Waals surface area contributed by atoms with Crippen LogP contribution in [-0.2, 0) is 14.3 Å². The standard InChI is InChI=1S/C52H97NO5/c1-3-5-7-9-11-13-15-17-18-19-20-22-26-30-34-38-42-46-52(57)58-47-43-39-35-31-27-23-25-29-33-37-41-45-51(56)53-49(48-54)50(55)44-40-36-32-28-24-21-16-14-12-10-8-6-4-2/h11,13,17-18,27,31,49-50,54-55H,3-10,12,14-16,19-26,28-30,32-48H2,1-2H3,(H,53,56)/b13-11-,18-17-,31-27-. The SMILES string of the molecule is CCCCC/C=C\C/C=C\CCCCCCCCCC(=O)OCCCC/C=C\CCCCCCCC(=O)NC(CO)C(O)CCCCCCCCCCCCCCC. The first-order valence-electron chi connectivity index (χ1n) is 25.2. The van der Waals surface area contributed by atoms with E-state index in [1.165, 1.54) is 135 Å². The first-order chi connectivity index (χ1) is 28.5. The monoisotopic (exact) mass is 816 g/mol. The van der Waals surface area contributed by atoms with Crippen LogP contribution >= 0.6 is 0 Å². The molecule has 0 aliphatic rings. The van der Waals surface area contributed by atoms with E-state index >= 15 is 0 Å². The molecular formula is C52H97NO5. The normalized spacial score (nSPS) is 13.0. The number of allylic oxidation sites excluding steroid dienone is 6. The molecular weight excluding hydrogens is 719 g/mol. The van der Waals surface area contributed by atoms with Crippen LogP contribution in [0.3, 0.4) is 0 Å². The Morgan fingerprint density at radius 2 is 0.862 bits per heavy atom. The molecule has 0 saturated heterocycles. The largest absolute Gasteiger partial charge is 0.466 e. The molecule has 0 bridgehead atoms. The minimum absolute atomic E-state index is 0.0395. The number of esters is 1. The molecule has 340 valence electrons. The molecule has 2 atom stereocenters. The van der Waals surface area contributed by atoms with Gasteiger partial charge in [-0.2, -0.15) is 0 Å². The van der Waals surface area contributed by atoms with Gasteiger partial charge in [-0.05, 0) is 83.5 Å². The van der Waals surface area contributed by atoms with Crippen LogP contribution in [0.5, 0.6) is 0 Å². The highest BCUT2D eigenvalue weighted by atomic mass is 16.5. The average Bonchev–Trinajstić information content (AvgIpc) is 3.22. The minimum Gasteiger partial charge on any atom is -0.466 e. The number of rotatable bonds is 46. The van der Waals surface area contributed by atoms with Crippen molar-refractivity contribution in [2.45, 2.75) is 270 Å². The van der Waals surface area contributed by atoms with Crippen LogP contribution in [0.4, 0.5) is 0 Å². The lowest BCUT2D eigenvalue weighted by Crippen LogP contribution is -2.45. The maximum Gasteiger partial charge on any atom is 0.305 e. The number of ether oxygens (including phenoxy) is 1. The Morgan fingerprint density at radius 3 is 1.36 bits per heavy atom. The van der Waals surface area contributed by atoms with Crippen molar-refractivity contribution in [3.05, 3.63) is 36.5 Å². The third-order valence-corrected chi connectivity index (χ3v) is 11.4. The van der Waals surface area contributed by atoms with E-state index in [0.29, 0.717) is 25.9 Å². The van der Waals surface area contributed by atoms with Crippen LogP contribution in [0.2, 0.25) is 0 Å². The molecule has 0 radical (unpaired) electrons. The highest BCUT2D eigenvalue weighted by Crippen LogP contribution is 2.15. The Labute approximate surface area is 360 Å². The quantitative estimate of drug-likeness (QED) is 0.0323. The Hall–Kier alpha value is -1.92. The highest BCUT2D eigenvalue weighted by molar-refractivity contribution is 5.76. The molecule has 0 aliphatic heterocycles. The van der Waals surface area contributed by atoms with Gasteiger partial charge in [-0.15, -0.1) is 0 Å². The topological polar surface area (TPSA) is 95.9 Å². The second-order valence-corrected chi connectivity index (χ2v) is 17.1. The molecule has 0 fully saturated rings. The van der Waals surface area contributed by atoms with Gasteiger partial charge in [-0.25, -0.2) is 0 Å². The van der Waals surface area contributed by atoms with Gasteiger partial charge < -0.3 is 20.3 Å². The second-order valence-electron chi connectivity index (χ2n) is 17.1. The van der Waals surface area contributed by atoms with Crippen molar-refractivity contribution in [3.8, 4) is 0 Å². The Bertz CT molecular complexity index is 946. The Morgan fingerprint density at radius 1 is 0.483 bits per heavy atom. The molecule has 0 aromatic heterocycles. The summed E-state index contributed by atoms with van der Waals surface area (Å²) >= 11 is 0. The minimum atomic E-state index is -0.682. The van der Waals surface area contributed by atoms with E-state index in [-0.39, 0.29) is 18.5 Å². The van der Waals surface area contributed by atoms with Crippen LogP contribution in [0, 0.1) is 0 Å². The van der Waals surface area contributed by atoms with Gasteiger partial charge in [0.2, 0.25) is 5.91 Å². The van der Waals surface area contributed by atoms with E-state index in [4.69, 9.17) is 4.74 Å². The number of hydrogen-bond donors (Lipinski definition) is 3. The van der Waals surface area contributed by atoms with E-state index in [2.05, 4.69) is 55.6 Å². The number of carbonyl (C=O) groups is 2. The molecule has 0 aromatic carbocycles. The van der Waals surface area contributed by atoms with Crippen molar-refractivity contribution in [1.82, 2.24) is 5.32 Å². The fourth-order valence-corrected chi connectivity index (χ4v) is 7.49. The highest BCUT2D eigenvalue weighted by Gasteiger charge is 2.20. The first-order valence-corrected chi connectivity index (χ1v) is 25.2. The maximum atomic E-state index is 12.4. The summed E-state index contributed by atoms with van der Waals surface area (Å²) < 4.78 is 5.44. The number of amides is 1. The number of hydrogen-bond acceptors (Lipinski definition) is 5. The molecule has 1 amide bonds. The molecule has 0 aliphatic carbocycles. The van der Waals surface area contributed by atoms with Crippen LogP contribution in [0.1, 0.15) is 258 Å². The summed E-state index contributed by atoms with van der Waals surface area (Å²) in [6.45, 7) is 4.84. The van der Waals surface area contributed by atoms with E-state index in [1.54, 1.807) is 0 Å². The number of unbranched alkanes of at least 4 members (excludes halogenated alkanes) is 29. The van der Waals surface area contributed by atoms with Crippen molar-refractivity contribution < 1.29 is 24.5 Å². The summed E-state index contributed by atoms with van der Waals surface area (Å²) in [6, 6.07) is -0.562. The van der Waals surface area contributed by atoms with Crippen LogP contribution in [0.25, 0.3) is 0 Å². The molecule has 2 unspecified atom stereocenters. The van der Waals surface area contributed by atoms with Gasteiger partial charge in [-0.3, -0.25) is 9.59 Å². The van der Waals surface area contributed by atoms with Gasteiger partial charge in [0.1, 0.15) is 0 Å². The molecule has 58 heavy (non-hydrogen) atoms. The molecule has 0 heterocycles. The summed E-state index contributed by atoms with van der Waals surface area (Å²) in [6.07, 6.45) is 56.8. The first kappa shape index (κ1) is 56.1. The van der Waals surface area contributed by atoms with Crippen molar-refractivity contribution >= 4 is 11.9 Å². The second kappa shape index (κ2) is 47.8. The summed E-state index contributed by atoms with van der Waals surface area (Å²) in [5.74, 6) is -0.105. The number of carbonyl (C=O) groups excluding carboxylic acids is 2. The predicted octanol–water partition coefficient (Wildman–Crippen LogP) is 14.9. The molecule has 0 aromatic rings. The van der Waals surface area contributed by atoms with Crippen LogP contribution < -0.4 is 5.32 Å². The number of aliphatic hydroxyl groups excluding tert-OH is 2. The fourth-order valence-electron chi connectivity index (χ4n) is 7.49. The Kier molecular flexibility index (Phi) is 46.2. The van der Waals surface area contributed by atoms with E-state index < -0.39 is 12.1 Å². The van der Waals surface area contributed by atoms with Crippen molar-refractivity contribution in [2.75, 3.05) is 13.2 Å². The van der Waals surface area contributed by atoms with Crippen LogP contribution in [-0.4, -0.2) is 47.4 Å². The molecule has 3 N–H and O–H groups in total. The van der Waals surface area contributed by atoms with Gasteiger partial charge in [-0.1, -0.05) is 198 Å². The zero-order valence-electron chi connectivity index (χ0n) is 38.5. The van der Waals surface area contributed by atoms with E-state index in [0.717, 1.165) is 89.9 Å². The van der Waals surface area contributed by atoms with Gasteiger partial charge in [0.05, 0.1) is 25.4 Å². The van der Waals surface area contributed by atoms with Crippen molar-refractivity contribution in [3.63, 3.8) is 0 Å². The summed E-state index contributed by atoms with van der Waals surface area (Å²) in [7, 11) is 0. The van der Waals surface area contributed by atoms with Crippen molar-refractivity contribution in [2.24, 2.45) is 0 Å². The molecule has 0 saturated carbocycles. The van der Waals surface area contributed by atoms with Gasteiger partial charge in [0.25, 0.3) is 0 Å². The van der Waals surface area contributed by atoms with Gasteiger partial charge in [0.15, 0.2) is 0 Å². The van der Waals surface area contributed by atoms with Gasteiger partial charge >= 0.3 is 5.97 Å². The zero-order valence-corrected chi connectivity index (χ0v) is 38.5. The summed E-state index contributed by atoms with van der Waals surface area (Å²) in [5, 5.41) is 23.1. The summed E-state index contributed by atoms with van der Waals surface area (Å²) in [5.41, 5.74) is 0. The van der Waals surface area contributed by atoms with E-state index in [9.17, 15) is 19.8 Å². The van der Waals surface area contributed by atoms with Crippen LogP contribution in [0.15, 0.2) is 36.5 Å². The third-order valence-electron chi connectivity index (χ3n) is 11.4. The lowest BCUT2D eigenvalue weighted by molar-refractivity contribution is -0.143. The summed E-state index contributed by atoms with van der Waals surface area (Å²) in [4.78, 5) is 24.5. The Balaban J connectivity index is 3.52. The maximum absolute atomic E-state index is 12.4. The van der Waals surface area contributed by atoms with Crippen molar-refractivity contribution in [1.29, 1.82) is 0 Å². The molecule has 6 nitrogen and oxygen atoms in total. The number of aliphatic hydroxyl groups is 2.